The lowest BCUT2D eigenvalue weighted by atomic mass is 9.89. The highest BCUT2D eigenvalue weighted by atomic mass is 16.5. The van der Waals surface area contributed by atoms with Gasteiger partial charge in [-0.1, -0.05) is 6.07 Å². The van der Waals surface area contributed by atoms with Gasteiger partial charge in [-0.25, -0.2) is 0 Å². The third-order valence-corrected chi connectivity index (χ3v) is 3.21. The van der Waals surface area contributed by atoms with E-state index in [2.05, 4.69) is 11.0 Å². The highest BCUT2D eigenvalue weighted by Crippen LogP contribution is 2.32. The first-order valence-corrected chi connectivity index (χ1v) is 6.25. The molecule has 3 heteroatoms. The molecule has 0 radical (unpaired) electrons. The summed E-state index contributed by atoms with van der Waals surface area (Å²) in [4.78, 5) is 2.09. The van der Waals surface area contributed by atoms with Crippen LogP contribution in [-0.4, -0.2) is 37.3 Å². The number of likely N-dealkylation sites (N-methyl/N-ethyl adjacent to an activating group) is 1. The summed E-state index contributed by atoms with van der Waals surface area (Å²) in [5.74, 6) is 0.867. The van der Waals surface area contributed by atoms with Gasteiger partial charge in [0.25, 0.3) is 0 Å². The molecule has 3 nitrogen and oxygen atoms in total. The number of aryl methyl sites for hydroxylation is 1. The fourth-order valence-electron chi connectivity index (χ4n) is 2.19. The molecule has 0 spiro atoms. The number of fused-ring (bicyclic) bond motifs is 1. The van der Waals surface area contributed by atoms with Crippen molar-refractivity contribution in [2.24, 2.45) is 0 Å². The topological polar surface area (TPSA) is 32.7 Å². The molecule has 17 heavy (non-hydrogen) atoms. The molecule has 94 valence electrons. The van der Waals surface area contributed by atoms with E-state index in [9.17, 15) is 5.11 Å². The second-order valence-corrected chi connectivity index (χ2v) is 4.92. The van der Waals surface area contributed by atoms with Crippen molar-refractivity contribution in [3.8, 4) is 5.75 Å². The first kappa shape index (κ1) is 12.4. The van der Waals surface area contributed by atoms with Crippen LogP contribution in [0.15, 0.2) is 18.2 Å². The maximum absolute atomic E-state index is 9.94. The molecule has 1 N–H and O–H groups in total. The zero-order valence-electron chi connectivity index (χ0n) is 10.6. The third-order valence-electron chi connectivity index (χ3n) is 3.21. The van der Waals surface area contributed by atoms with Gasteiger partial charge in [-0.3, -0.25) is 0 Å². The van der Waals surface area contributed by atoms with Crippen LogP contribution in [0, 0.1) is 0 Å². The number of rotatable bonds is 4. The molecule has 1 atom stereocenters. The molecule has 0 aliphatic heterocycles. The number of benzene rings is 1. The van der Waals surface area contributed by atoms with Gasteiger partial charge in [-0.2, -0.15) is 0 Å². The number of aliphatic hydroxyl groups excluding tert-OH is 1. The number of ether oxygens (including phenoxy) is 1. The normalized spacial score (nSPS) is 19.2. The number of aliphatic hydroxyl groups is 1. The molecule has 0 amide bonds. The van der Waals surface area contributed by atoms with Crippen LogP contribution in [0.2, 0.25) is 0 Å². The van der Waals surface area contributed by atoms with Gasteiger partial charge in [-0.05, 0) is 56.6 Å². The molecule has 1 aliphatic rings. The van der Waals surface area contributed by atoms with Crippen LogP contribution in [-0.2, 0) is 6.42 Å². The number of hydrogen-bond donors (Lipinski definition) is 1. The monoisotopic (exact) mass is 235 g/mol. The Hall–Kier alpha value is -1.06. The lowest BCUT2D eigenvalue weighted by Crippen LogP contribution is -2.19. The van der Waals surface area contributed by atoms with E-state index < -0.39 is 0 Å². The molecular weight excluding hydrogens is 214 g/mol. The Bertz CT molecular complexity index is 376. The predicted octanol–water partition coefficient (Wildman–Crippen LogP) is 2.00. The van der Waals surface area contributed by atoms with Gasteiger partial charge in [0.1, 0.15) is 12.4 Å². The van der Waals surface area contributed by atoms with E-state index in [4.69, 9.17) is 4.74 Å². The minimum atomic E-state index is -0.309. The van der Waals surface area contributed by atoms with Crippen LogP contribution in [0.25, 0.3) is 0 Å². The Labute approximate surface area is 103 Å². The van der Waals surface area contributed by atoms with Gasteiger partial charge in [0.2, 0.25) is 0 Å². The van der Waals surface area contributed by atoms with Crippen molar-refractivity contribution in [1.29, 1.82) is 0 Å². The summed E-state index contributed by atoms with van der Waals surface area (Å²) < 4.78 is 5.68. The summed E-state index contributed by atoms with van der Waals surface area (Å²) in [6.07, 6.45) is 2.71. The summed E-state index contributed by atoms with van der Waals surface area (Å²) in [7, 11) is 4.06. The Morgan fingerprint density at radius 1 is 1.41 bits per heavy atom. The Morgan fingerprint density at radius 3 is 3.00 bits per heavy atom. The summed E-state index contributed by atoms with van der Waals surface area (Å²) >= 11 is 0. The van der Waals surface area contributed by atoms with Crippen LogP contribution in [0.4, 0.5) is 0 Å². The third kappa shape index (κ3) is 3.20. The fourth-order valence-corrected chi connectivity index (χ4v) is 2.19. The molecule has 0 aromatic heterocycles. The van der Waals surface area contributed by atoms with Crippen LogP contribution in [0.1, 0.15) is 30.1 Å². The maximum atomic E-state index is 9.94. The molecule has 1 aromatic carbocycles. The average molecular weight is 235 g/mol. The van der Waals surface area contributed by atoms with E-state index in [0.29, 0.717) is 6.61 Å². The quantitative estimate of drug-likeness (QED) is 0.866. The van der Waals surface area contributed by atoms with Crippen molar-refractivity contribution in [2.45, 2.75) is 25.4 Å². The Balaban J connectivity index is 2.02. The minimum absolute atomic E-state index is 0.309. The second-order valence-electron chi connectivity index (χ2n) is 4.92. The Morgan fingerprint density at radius 2 is 2.24 bits per heavy atom. The number of hydrogen-bond acceptors (Lipinski definition) is 3. The highest BCUT2D eigenvalue weighted by molar-refractivity contribution is 5.38. The summed E-state index contributed by atoms with van der Waals surface area (Å²) in [5, 5.41) is 9.94. The van der Waals surface area contributed by atoms with Crippen LogP contribution in [0.5, 0.6) is 5.75 Å². The zero-order valence-corrected chi connectivity index (χ0v) is 10.6. The van der Waals surface area contributed by atoms with Crippen LogP contribution in [0.3, 0.4) is 0 Å². The van der Waals surface area contributed by atoms with Crippen molar-refractivity contribution >= 4 is 0 Å². The molecule has 2 rings (SSSR count). The van der Waals surface area contributed by atoms with Gasteiger partial charge < -0.3 is 14.7 Å². The van der Waals surface area contributed by atoms with E-state index in [1.807, 2.05) is 26.2 Å². The van der Waals surface area contributed by atoms with Crippen molar-refractivity contribution < 1.29 is 9.84 Å². The van der Waals surface area contributed by atoms with Gasteiger partial charge in [-0.15, -0.1) is 0 Å². The number of nitrogens with zero attached hydrogens (tertiary/aromatic N) is 1. The molecule has 1 aromatic rings. The lowest BCUT2D eigenvalue weighted by molar-refractivity contribution is 0.156. The van der Waals surface area contributed by atoms with Gasteiger partial charge >= 0.3 is 0 Å². The van der Waals surface area contributed by atoms with Gasteiger partial charge in [0, 0.05) is 6.54 Å². The van der Waals surface area contributed by atoms with Crippen molar-refractivity contribution in [1.82, 2.24) is 4.90 Å². The molecule has 0 fully saturated rings. The van der Waals surface area contributed by atoms with Crippen molar-refractivity contribution in [3.05, 3.63) is 29.3 Å². The molecular formula is C14H21NO2. The molecule has 0 saturated heterocycles. The lowest BCUT2D eigenvalue weighted by Gasteiger charge is -2.22. The molecule has 0 saturated carbocycles. The smallest absolute Gasteiger partial charge is 0.119 e. The molecule has 1 aliphatic carbocycles. The van der Waals surface area contributed by atoms with Crippen LogP contribution < -0.4 is 4.74 Å². The molecule has 0 bridgehead atoms. The summed E-state index contributed by atoms with van der Waals surface area (Å²) in [5.41, 5.74) is 2.32. The van der Waals surface area contributed by atoms with E-state index in [1.54, 1.807) is 0 Å². The van der Waals surface area contributed by atoms with E-state index in [1.165, 1.54) is 5.56 Å². The van der Waals surface area contributed by atoms with Crippen molar-refractivity contribution in [3.63, 3.8) is 0 Å². The largest absolute Gasteiger partial charge is 0.492 e. The van der Waals surface area contributed by atoms with Gasteiger partial charge in [0.15, 0.2) is 0 Å². The second kappa shape index (κ2) is 5.52. The average Bonchev–Trinajstić information content (AvgIpc) is 2.30. The predicted molar refractivity (Wildman–Crippen MR) is 68.4 cm³/mol. The van der Waals surface area contributed by atoms with E-state index in [-0.39, 0.29) is 6.10 Å². The van der Waals surface area contributed by atoms with Crippen molar-refractivity contribution in [2.75, 3.05) is 27.2 Å². The van der Waals surface area contributed by atoms with E-state index in [0.717, 1.165) is 37.1 Å². The fraction of sp³-hybridized carbons (Fsp3) is 0.571. The first-order chi connectivity index (χ1) is 8.16. The zero-order chi connectivity index (χ0) is 12.3. The standard InChI is InChI=1S/C14H21NO2/c1-15(2)8-9-17-12-7-6-11-4-3-5-14(16)13(11)10-12/h6-7,10,14,16H,3-5,8-9H2,1-2H3/t14-/m0/s1. The summed E-state index contributed by atoms with van der Waals surface area (Å²) in [6.45, 7) is 1.58. The SMILES string of the molecule is CN(C)CCOc1ccc2c(c1)[C@@H](O)CCC2. The Kier molecular flexibility index (Phi) is 4.02. The van der Waals surface area contributed by atoms with E-state index >= 15 is 0 Å². The van der Waals surface area contributed by atoms with Gasteiger partial charge in [0.05, 0.1) is 6.10 Å². The molecule has 0 heterocycles. The van der Waals surface area contributed by atoms with Crippen LogP contribution >= 0.6 is 0 Å². The first-order valence-electron chi connectivity index (χ1n) is 6.25. The molecule has 0 unspecified atom stereocenters. The maximum Gasteiger partial charge on any atom is 0.119 e. The summed E-state index contributed by atoms with van der Waals surface area (Å²) in [6, 6.07) is 6.09. The highest BCUT2D eigenvalue weighted by Gasteiger charge is 2.18. The minimum Gasteiger partial charge on any atom is -0.492 e.